The van der Waals surface area contributed by atoms with Crippen LogP contribution in [0, 0.1) is 0 Å². The van der Waals surface area contributed by atoms with E-state index in [1.165, 1.54) is 0 Å². The van der Waals surface area contributed by atoms with E-state index in [9.17, 15) is 4.79 Å². The first kappa shape index (κ1) is 6.13. The van der Waals surface area contributed by atoms with Crippen molar-refractivity contribution in [1.82, 2.24) is 10.0 Å². The van der Waals surface area contributed by atoms with Crippen LogP contribution in [-0.4, -0.2) is 30.0 Å². The summed E-state index contributed by atoms with van der Waals surface area (Å²) in [7, 11) is 3.60. The van der Waals surface area contributed by atoms with Gasteiger partial charge in [0.15, 0.2) is 0 Å². The largest absolute Gasteiger partial charge is 0.294 e. The van der Waals surface area contributed by atoms with E-state index in [4.69, 9.17) is 0 Å². The third-order valence-corrected chi connectivity index (χ3v) is 1.45. The molecule has 3 nitrogen and oxygen atoms in total. The molecule has 0 fully saturated rings. The summed E-state index contributed by atoms with van der Waals surface area (Å²) in [6, 6.07) is 0. The summed E-state index contributed by atoms with van der Waals surface area (Å²) in [6.07, 6.45) is 4.25. The molecule has 9 heavy (non-hydrogen) atoms. The zero-order chi connectivity index (χ0) is 6.85. The van der Waals surface area contributed by atoms with Gasteiger partial charge in [-0.25, -0.2) is 0 Å². The predicted octanol–water partition coefficient (Wildman–Crippen LogP) is 0.209. The second-order valence-corrected chi connectivity index (χ2v) is 2.08. The lowest BCUT2D eigenvalue weighted by Crippen LogP contribution is -2.39. The second kappa shape index (κ2) is 2.09. The Hall–Kier alpha value is -0.990. The highest BCUT2D eigenvalue weighted by Crippen LogP contribution is 2.03. The molecule has 1 aliphatic rings. The highest BCUT2D eigenvalue weighted by molar-refractivity contribution is 5.77. The molecule has 0 saturated heterocycles. The topological polar surface area (TPSA) is 23.6 Å². The van der Waals surface area contributed by atoms with Crippen LogP contribution in [0.2, 0.25) is 0 Å². The molecule has 0 saturated carbocycles. The molecule has 0 aliphatic carbocycles. The van der Waals surface area contributed by atoms with Gasteiger partial charge in [0, 0.05) is 26.7 Å². The van der Waals surface area contributed by atoms with Gasteiger partial charge in [-0.2, -0.15) is 0 Å². The van der Waals surface area contributed by atoms with E-state index in [0.29, 0.717) is 6.42 Å². The number of rotatable bonds is 0. The van der Waals surface area contributed by atoms with Gasteiger partial charge in [-0.15, -0.1) is 0 Å². The van der Waals surface area contributed by atoms with Crippen LogP contribution < -0.4 is 0 Å². The SMILES string of the molecule is CN1C=CCC(=O)N1C. The molecule has 3 heteroatoms. The monoisotopic (exact) mass is 126 g/mol. The maximum absolute atomic E-state index is 10.8. The number of nitrogens with zero attached hydrogens (tertiary/aromatic N) is 2. The van der Waals surface area contributed by atoms with Gasteiger partial charge >= 0.3 is 0 Å². The Kier molecular flexibility index (Phi) is 1.42. The van der Waals surface area contributed by atoms with Crippen molar-refractivity contribution in [3.8, 4) is 0 Å². The molecular formula is C6H10N2O. The van der Waals surface area contributed by atoms with Crippen molar-refractivity contribution in [3.63, 3.8) is 0 Å². The molecule has 0 aromatic rings. The van der Waals surface area contributed by atoms with Gasteiger partial charge in [0.2, 0.25) is 5.91 Å². The zero-order valence-electron chi connectivity index (χ0n) is 5.66. The van der Waals surface area contributed by atoms with E-state index in [1.807, 2.05) is 19.3 Å². The molecule has 0 radical (unpaired) electrons. The van der Waals surface area contributed by atoms with Crippen LogP contribution in [0.5, 0.6) is 0 Å². The lowest BCUT2D eigenvalue weighted by molar-refractivity contribution is -0.140. The first-order chi connectivity index (χ1) is 4.22. The number of carbonyl (C=O) groups is 1. The maximum Gasteiger partial charge on any atom is 0.244 e. The smallest absolute Gasteiger partial charge is 0.244 e. The average molecular weight is 126 g/mol. The van der Waals surface area contributed by atoms with Crippen molar-refractivity contribution in [2.45, 2.75) is 6.42 Å². The van der Waals surface area contributed by atoms with E-state index in [1.54, 1.807) is 17.1 Å². The van der Waals surface area contributed by atoms with Gasteiger partial charge < -0.3 is 0 Å². The minimum absolute atomic E-state index is 0.139. The highest BCUT2D eigenvalue weighted by Gasteiger charge is 2.12. The molecule has 1 heterocycles. The number of hydrogen-bond acceptors (Lipinski definition) is 2. The Labute approximate surface area is 54.5 Å². The van der Waals surface area contributed by atoms with Gasteiger partial charge in [-0.3, -0.25) is 14.8 Å². The number of hydrogen-bond donors (Lipinski definition) is 0. The fourth-order valence-corrected chi connectivity index (χ4v) is 0.714. The quantitative estimate of drug-likeness (QED) is 0.463. The van der Waals surface area contributed by atoms with Crippen molar-refractivity contribution >= 4 is 5.91 Å². The summed E-state index contributed by atoms with van der Waals surface area (Å²) in [5.74, 6) is 0.139. The van der Waals surface area contributed by atoms with Crippen molar-refractivity contribution in [2.75, 3.05) is 14.1 Å². The van der Waals surface area contributed by atoms with Crippen LogP contribution in [0.1, 0.15) is 6.42 Å². The Bertz CT molecular complexity index is 153. The third kappa shape index (κ3) is 1.04. The zero-order valence-corrected chi connectivity index (χ0v) is 5.66. The fourth-order valence-electron chi connectivity index (χ4n) is 0.714. The standard InChI is InChI=1S/C6H10N2O/c1-7-5-3-4-6(9)8(7)2/h3,5H,4H2,1-2H3. The van der Waals surface area contributed by atoms with Crippen LogP contribution in [0.3, 0.4) is 0 Å². The van der Waals surface area contributed by atoms with Gasteiger partial charge in [0.05, 0.1) is 0 Å². The van der Waals surface area contributed by atoms with E-state index in [-0.39, 0.29) is 5.91 Å². The minimum atomic E-state index is 0.139. The van der Waals surface area contributed by atoms with Crippen LogP contribution in [0.15, 0.2) is 12.3 Å². The van der Waals surface area contributed by atoms with Crippen LogP contribution in [0.25, 0.3) is 0 Å². The minimum Gasteiger partial charge on any atom is -0.294 e. The first-order valence-electron chi connectivity index (χ1n) is 2.88. The molecule has 1 rings (SSSR count). The van der Waals surface area contributed by atoms with Crippen molar-refractivity contribution < 1.29 is 4.79 Å². The van der Waals surface area contributed by atoms with Crippen LogP contribution in [-0.2, 0) is 4.79 Å². The molecule has 0 aromatic heterocycles. The number of hydrazine groups is 1. The summed E-state index contributed by atoms with van der Waals surface area (Å²) in [5.41, 5.74) is 0. The van der Waals surface area contributed by atoms with E-state index >= 15 is 0 Å². The average Bonchev–Trinajstić information content (AvgIpc) is 1.83. The maximum atomic E-state index is 10.8. The fraction of sp³-hybridized carbons (Fsp3) is 0.500. The van der Waals surface area contributed by atoms with Crippen LogP contribution in [0.4, 0.5) is 0 Å². The summed E-state index contributed by atoms with van der Waals surface area (Å²) >= 11 is 0. The van der Waals surface area contributed by atoms with Gasteiger partial charge in [0.25, 0.3) is 0 Å². The number of amides is 1. The Morgan fingerprint density at radius 1 is 1.56 bits per heavy atom. The Morgan fingerprint density at radius 3 is 2.67 bits per heavy atom. The van der Waals surface area contributed by atoms with Gasteiger partial charge in [-0.05, 0) is 0 Å². The van der Waals surface area contributed by atoms with E-state index < -0.39 is 0 Å². The lowest BCUT2D eigenvalue weighted by Gasteiger charge is -2.29. The van der Waals surface area contributed by atoms with Crippen molar-refractivity contribution in [3.05, 3.63) is 12.3 Å². The molecule has 0 bridgehead atoms. The summed E-state index contributed by atoms with van der Waals surface area (Å²) in [5, 5.41) is 3.34. The predicted molar refractivity (Wildman–Crippen MR) is 34.3 cm³/mol. The molecule has 0 unspecified atom stereocenters. The van der Waals surface area contributed by atoms with Crippen LogP contribution >= 0.6 is 0 Å². The summed E-state index contributed by atoms with van der Waals surface area (Å²) < 4.78 is 0. The van der Waals surface area contributed by atoms with Crippen molar-refractivity contribution in [1.29, 1.82) is 0 Å². The molecule has 0 spiro atoms. The molecule has 0 aromatic carbocycles. The van der Waals surface area contributed by atoms with Gasteiger partial charge in [-0.1, -0.05) is 6.08 Å². The third-order valence-electron chi connectivity index (χ3n) is 1.45. The molecule has 1 amide bonds. The number of carbonyl (C=O) groups excluding carboxylic acids is 1. The Balaban J connectivity index is 2.69. The molecule has 0 N–H and O–H groups in total. The highest BCUT2D eigenvalue weighted by atomic mass is 16.2. The van der Waals surface area contributed by atoms with E-state index in [0.717, 1.165) is 0 Å². The molecule has 0 atom stereocenters. The van der Waals surface area contributed by atoms with Gasteiger partial charge in [0.1, 0.15) is 0 Å². The van der Waals surface area contributed by atoms with E-state index in [2.05, 4.69) is 0 Å². The normalized spacial score (nSPS) is 19.1. The lowest BCUT2D eigenvalue weighted by atomic mass is 10.3. The first-order valence-corrected chi connectivity index (χ1v) is 2.88. The molecule has 50 valence electrons. The summed E-state index contributed by atoms with van der Waals surface area (Å²) in [4.78, 5) is 10.8. The second-order valence-electron chi connectivity index (χ2n) is 2.08. The summed E-state index contributed by atoms with van der Waals surface area (Å²) in [6.45, 7) is 0. The Morgan fingerprint density at radius 2 is 2.22 bits per heavy atom. The molecular weight excluding hydrogens is 116 g/mol. The van der Waals surface area contributed by atoms with Crippen molar-refractivity contribution in [2.24, 2.45) is 0 Å². The molecule has 1 aliphatic heterocycles.